The Kier molecular flexibility index (Phi) is 1.63. The van der Waals surface area contributed by atoms with Crippen LogP contribution in [0.4, 0.5) is 0 Å². The van der Waals surface area contributed by atoms with Crippen molar-refractivity contribution < 1.29 is 4.79 Å². The van der Waals surface area contributed by atoms with Crippen molar-refractivity contribution in [2.24, 2.45) is 0 Å². The van der Waals surface area contributed by atoms with Gasteiger partial charge in [-0.05, 0) is 23.5 Å². The lowest BCUT2D eigenvalue weighted by molar-refractivity contribution is -0.121. The first-order valence-corrected chi connectivity index (χ1v) is 5.20. The molecule has 1 N–H and O–H groups in total. The molecule has 0 saturated carbocycles. The molecule has 1 amide bonds. The quantitative estimate of drug-likeness (QED) is 0.659. The lowest BCUT2D eigenvalue weighted by Gasteiger charge is -2.13. The molecule has 2 atom stereocenters. The van der Waals surface area contributed by atoms with Crippen LogP contribution >= 0.6 is 0 Å². The van der Waals surface area contributed by atoms with Gasteiger partial charge in [0.1, 0.15) is 0 Å². The van der Waals surface area contributed by atoms with E-state index in [9.17, 15) is 4.79 Å². The third-order valence-electron chi connectivity index (χ3n) is 3.42. The molecule has 0 radical (unpaired) electrons. The van der Waals surface area contributed by atoms with Crippen LogP contribution in [0.3, 0.4) is 0 Å². The van der Waals surface area contributed by atoms with E-state index in [1.165, 1.54) is 11.1 Å². The largest absolute Gasteiger partial charge is 0.355 e. The number of hydrogen-bond acceptors (Lipinski definition) is 1. The number of carbonyl (C=O) groups excluding carboxylic acids is 1. The van der Waals surface area contributed by atoms with Gasteiger partial charge in [0.2, 0.25) is 5.91 Å². The SMILES string of the molecule is O=C1CC2CC(CN1)c1ccccc12. The number of rotatable bonds is 0. The molecule has 1 aliphatic carbocycles. The number of benzene rings is 1. The summed E-state index contributed by atoms with van der Waals surface area (Å²) in [5.74, 6) is 1.24. The maximum Gasteiger partial charge on any atom is 0.220 e. The average Bonchev–Trinajstić information content (AvgIpc) is 2.40. The molecule has 1 heterocycles. The van der Waals surface area contributed by atoms with Crippen LogP contribution in [0.5, 0.6) is 0 Å². The minimum absolute atomic E-state index is 0.215. The van der Waals surface area contributed by atoms with Crippen LogP contribution in [0.25, 0.3) is 0 Å². The van der Waals surface area contributed by atoms with Gasteiger partial charge >= 0.3 is 0 Å². The van der Waals surface area contributed by atoms with E-state index in [2.05, 4.69) is 29.6 Å². The molecule has 14 heavy (non-hydrogen) atoms. The highest BCUT2D eigenvalue weighted by Gasteiger charge is 2.34. The first-order chi connectivity index (χ1) is 6.84. The zero-order chi connectivity index (χ0) is 9.54. The lowest BCUT2D eigenvalue weighted by atomic mass is 9.98. The zero-order valence-electron chi connectivity index (χ0n) is 7.99. The molecule has 1 aromatic rings. The minimum atomic E-state index is 0.215. The Morgan fingerprint density at radius 3 is 2.64 bits per heavy atom. The fourth-order valence-corrected chi connectivity index (χ4v) is 2.77. The van der Waals surface area contributed by atoms with E-state index in [-0.39, 0.29) is 5.91 Å². The Morgan fingerprint density at radius 2 is 1.86 bits per heavy atom. The van der Waals surface area contributed by atoms with Gasteiger partial charge in [-0.3, -0.25) is 4.79 Å². The molecular formula is C12H13NO. The van der Waals surface area contributed by atoms with E-state index < -0.39 is 0 Å². The molecule has 1 aromatic carbocycles. The van der Waals surface area contributed by atoms with Gasteiger partial charge in [0.15, 0.2) is 0 Å². The monoisotopic (exact) mass is 187 g/mol. The van der Waals surface area contributed by atoms with Crippen molar-refractivity contribution in [2.75, 3.05) is 6.54 Å². The van der Waals surface area contributed by atoms with Gasteiger partial charge in [0.05, 0.1) is 0 Å². The van der Waals surface area contributed by atoms with Crippen molar-refractivity contribution in [1.82, 2.24) is 5.32 Å². The van der Waals surface area contributed by atoms with Gasteiger partial charge in [0.25, 0.3) is 0 Å². The molecule has 72 valence electrons. The summed E-state index contributed by atoms with van der Waals surface area (Å²) in [4.78, 5) is 11.4. The third-order valence-corrected chi connectivity index (χ3v) is 3.42. The molecule has 1 aliphatic heterocycles. The molecule has 2 nitrogen and oxygen atoms in total. The summed E-state index contributed by atoms with van der Waals surface area (Å²) >= 11 is 0. The molecule has 2 bridgehead atoms. The van der Waals surface area contributed by atoms with Gasteiger partial charge < -0.3 is 5.32 Å². The number of nitrogens with one attached hydrogen (secondary N) is 1. The molecule has 3 rings (SSSR count). The third kappa shape index (κ3) is 1.07. The molecule has 2 unspecified atom stereocenters. The van der Waals surface area contributed by atoms with Gasteiger partial charge in [0, 0.05) is 18.9 Å². The van der Waals surface area contributed by atoms with Crippen molar-refractivity contribution in [1.29, 1.82) is 0 Å². The number of amides is 1. The Balaban J connectivity index is 2.08. The van der Waals surface area contributed by atoms with Gasteiger partial charge in [-0.15, -0.1) is 0 Å². The van der Waals surface area contributed by atoms with Gasteiger partial charge in [-0.1, -0.05) is 24.3 Å². The Morgan fingerprint density at radius 1 is 1.14 bits per heavy atom. The van der Waals surface area contributed by atoms with Crippen molar-refractivity contribution in [3.63, 3.8) is 0 Å². The fraction of sp³-hybridized carbons (Fsp3) is 0.417. The topological polar surface area (TPSA) is 29.1 Å². The van der Waals surface area contributed by atoms with Crippen molar-refractivity contribution in [2.45, 2.75) is 24.7 Å². The molecule has 0 aromatic heterocycles. The van der Waals surface area contributed by atoms with E-state index >= 15 is 0 Å². The maximum absolute atomic E-state index is 11.4. The van der Waals surface area contributed by atoms with Crippen molar-refractivity contribution in [3.8, 4) is 0 Å². The second-order valence-electron chi connectivity index (χ2n) is 4.27. The summed E-state index contributed by atoms with van der Waals surface area (Å²) in [5.41, 5.74) is 2.87. The van der Waals surface area contributed by atoms with Crippen LogP contribution in [0.1, 0.15) is 35.8 Å². The van der Waals surface area contributed by atoms with E-state index in [0.717, 1.165) is 13.0 Å². The van der Waals surface area contributed by atoms with Crippen LogP contribution in [0, 0.1) is 0 Å². The molecule has 2 heteroatoms. The highest BCUT2D eigenvalue weighted by molar-refractivity contribution is 5.78. The molecular weight excluding hydrogens is 174 g/mol. The smallest absolute Gasteiger partial charge is 0.220 e. The van der Waals surface area contributed by atoms with Crippen LogP contribution < -0.4 is 5.32 Å². The Hall–Kier alpha value is -1.31. The minimum Gasteiger partial charge on any atom is -0.355 e. The summed E-state index contributed by atoms with van der Waals surface area (Å²) in [6, 6.07) is 8.56. The second kappa shape index (κ2) is 2.84. The molecule has 1 saturated heterocycles. The van der Waals surface area contributed by atoms with E-state index in [1.807, 2.05) is 0 Å². The van der Waals surface area contributed by atoms with Crippen LogP contribution in [-0.4, -0.2) is 12.5 Å². The standard InChI is InChI=1S/C12H13NO/c14-12-6-8-5-9(7-13-12)11-4-2-1-3-10(8)11/h1-4,8-9H,5-7H2,(H,13,14). The first-order valence-electron chi connectivity index (χ1n) is 5.20. The van der Waals surface area contributed by atoms with Gasteiger partial charge in [-0.2, -0.15) is 0 Å². The normalized spacial score (nSPS) is 29.3. The average molecular weight is 187 g/mol. The number of hydrogen-bond donors (Lipinski definition) is 1. The van der Waals surface area contributed by atoms with Crippen molar-refractivity contribution in [3.05, 3.63) is 35.4 Å². The summed E-state index contributed by atoms with van der Waals surface area (Å²) in [6.07, 6.45) is 1.82. The van der Waals surface area contributed by atoms with E-state index in [4.69, 9.17) is 0 Å². The summed E-state index contributed by atoms with van der Waals surface area (Å²) in [6.45, 7) is 0.826. The fourth-order valence-electron chi connectivity index (χ4n) is 2.77. The number of fused-ring (bicyclic) bond motifs is 5. The molecule has 1 fully saturated rings. The van der Waals surface area contributed by atoms with Crippen LogP contribution in [0.2, 0.25) is 0 Å². The Bertz CT molecular complexity index is 386. The maximum atomic E-state index is 11.4. The summed E-state index contributed by atoms with van der Waals surface area (Å²) < 4.78 is 0. The van der Waals surface area contributed by atoms with Crippen LogP contribution in [0.15, 0.2) is 24.3 Å². The summed E-state index contributed by atoms with van der Waals surface area (Å²) in [5, 5.41) is 2.98. The Labute approximate surface area is 83.3 Å². The molecule has 0 spiro atoms. The first kappa shape index (κ1) is 8.04. The molecule has 2 aliphatic rings. The van der Waals surface area contributed by atoms with Crippen LogP contribution in [-0.2, 0) is 4.79 Å². The van der Waals surface area contributed by atoms with Gasteiger partial charge in [-0.25, -0.2) is 0 Å². The number of carbonyl (C=O) groups is 1. The highest BCUT2D eigenvalue weighted by Crippen LogP contribution is 2.44. The lowest BCUT2D eigenvalue weighted by Crippen LogP contribution is -2.26. The van der Waals surface area contributed by atoms with E-state index in [1.54, 1.807) is 0 Å². The van der Waals surface area contributed by atoms with E-state index in [0.29, 0.717) is 18.3 Å². The highest BCUT2D eigenvalue weighted by atomic mass is 16.1. The zero-order valence-corrected chi connectivity index (χ0v) is 7.99. The second-order valence-corrected chi connectivity index (χ2v) is 4.27. The van der Waals surface area contributed by atoms with Crippen molar-refractivity contribution >= 4 is 5.91 Å². The predicted octanol–water partition coefficient (Wildman–Crippen LogP) is 1.78. The summed E-state index contributed by atoms with van der Waals surface area (Å²) in [7, 11) is 0. The predicted molar refractivity (Wildman–Crippen MR) is 54.2 cm³/mol.